The maximum atomic E-state index is 10.7. The maximum Gasteiger partial charge on any atom is 2.00 e. The van der Waals surface area contributed by atoms with Crippen LogP contribution in [0.1, 0.15) is 303 Å². The van der Waals surface area contributed by atoms with Crippen molar-refractivity contribution in [3.8, 4) is 0 Å². The molecule has 0 radical (unpaired) electrons. The minimum absolute atomic E-state index is 0. The third-order valence-corrected chi connectivity index (χ3v) is 45.2. The molecule has 0 spiro atoms. The van der Waals surface area contributed by atoms with Gasteiger partial charge in [0.25, 0.3) is 0 Å². The maximum absolute atomic E-state index is 10.7. The van der Waals surface area contributed by atoms with Crippen LogP contribution in [0.25, 0.3) is 0 Å². The minimum Gasteiger partial charge on any atom is -0.793 e. The number of hydrogen-bond acceptors (Lipinski definition) is 18. The number of allylic oxidation sites excluding steroid dienone is 1. The Kier molecular flexibility index (Phi) is 106. The summed E-state index contributed by atoms with van der Waals surface area (Å²) in [6.45, 7) is 2.26. The summed E-state index contributed by atoms with van der Waals surface area (Å²) >= 11 is 27.9. The number of hydrogen-bond donors (Lipinski definition) is 5. The van der Waals surface area contributed by atoms with Gasteiger partial charge in [-0.05, 0) is 176 Å². The Morgan fingerprint density at radius 2 is 0.648 bits per heavy atom. The smallest absolute Gasteiger partial charge is 0.793 e. The van der Waals surface area contributed by atoms with Crippen LogP contribution < -0.4 is 0 Å². The van der Waals surface area contributed by atoms with Gasteiger partial charge in [-0.3, -0.25) is 14.4 Å². The first kappa shape index (κ1) is 143. The molecule has 28 heteroatoms. The zero-order valence-corrected chi connectivity index (χ0v) is 112. The molecule has 2 aliphatic rings. The molecule has 9 rings (SSSR count). The molecule has 0 heterocycles. The van der Waals surface area contributed by atoms with E-state index in [0.29, 0.717) is 52.4 Å². The van der Waals surface area contributed by atoms with Crippen molar-refractivity contribution in [2.75, 3.05) is 40.3 Å². The average molecular weight is 2780 g/mol. The first-order valence-corrected chi connectivity index (χ1v) is 77.2. The van der Waals surface area contributed by atoms with Crippen LogP contribution in [-0.4, -0.2) is 179 Å². The van der Waals surface area contributed by atoms with E-state index in [4.69, 9.17) is 50.8 Å². The molecular weight excluding hydrogens is 2610 g/mol. The fraction of sp³-hybridized carbons (Fsp3) is 0.544. The van der Waals surface area contributed by atoms with Gasteiger partial charge >= 0.3 is 208 Å². The van der Waals surface area contributed by atoms with Gasteiger partial charge < -0.3 is 63.8 Å². The molecule has 0 aromatic heterocycles. The molecule has 5 N–H and O–H groups in total. The van der Waals surface area contributed by atoms with Gasteiger partial charge in [0.05, 0.1) is 0 Å². The van der Waals surface area contributed by atoms with Crippen molar-refractivity contribution >= 4 is 219 Å². The van der Waals surface area contributed by atoms with Gasteiger partial charge in [0, 0.05) is 93.0 Å². The van der Waals surface area contributed by atoms with Crippen molar-refractivity contribution in [2.45, 2.75) is 336 Å². The van der Waals surface area contributed by atoms with Gasteiger partial charge in [-0.1, -0.05) is 302 Å². The van der Waals surface area contributed by atoms with E-state index in [1.165, 1.54) is 195 Å². The number of thioether (sulfide) groups is 8. The topological polar surface area (TPSA) is 204 Å². The molecule has 142 heavy (non-hydrogen) atoms. The molecule has 6 atom stereocenters. The van der Waals surface area contributed by atoms with Crippen molar-refractivity contribution in [1.82, 2.24) is 0 Å². The summed E-state index contributed by atoms with van der Waals surface area (Å²) in [5.74, 6) is 14.9. The second kappa shape index (κ2) is 105. The summed E-state index contributed by atoms with van der Waals surface area (Å²) in [5.41, 5.74) is 9.79. The SMILES string of the molecule is C[C-]1CCCC1.O=C(O)/C=C/CCCCC(CCSCc1ccccc1)SCc1ccccc1.O=C(O)CCCCC(CCSCC1CCCC1)SCc1ccccc1.O=C(O)CCCCC(CC[S][InH2])[S][InH2].O=C(O)CCCCC([S-])CC[S-].O=C(O)CCCCCCC(CCSCc1ccccc1)SCc1ccccc1.O=CCCCCC(CCSCc1ccccc1)SCc1ccccc1.[Au+].[Au+].[CH3-].[Fe+2]. The third-order valence-electron chi connectivity index (χ3n) is 23.4. The molecule has 2 aliphatic carbocycles. The van der Waals surface area contributed by atoms with Crippen LogP contribution in [0.2, 0.25) is 0 Å². The van der Waals surface area contributed by atoms with E-state index in [0.717, 1.165) is 213 Å². The molecule has 0 bridgehead atoms. The average Bonchev–Trinajstić information content (AvgIpc) is 0.993. The van der Waals surface area contributed by atoms with Gasteiger partial charge in [-0.15, -0.1) is 0 Å². The number of aldehydes is 1. The Labute approximate surface area is 981 Å². The quantitative estimate of drug-likeness (QED) is 0.00601. The second-order valence-corrected chi connectivity index (χ2v) is 57.1. The molecule has 7 aromatic carbocycles. The number of benzene rings is 7. The van der Waals surface area contributed by atoms with Crippen molar-refractivity contribution in [1.29, 1.82) is 0 Å². The molecule has 7 aromatic rings. The van der Waals surface area contributed by atoms with E-state index in [1.807, 2.05) is 35.3 Å². The van der Waals surface area contributed by atoms with E-state index < -0.39 is 29.8 Å². The molecule has 11 nitrogen and oxygen atoms in total. The molecule has 0 aliphatic heterocycles. The molecule has 2 saturated carbocycles. The summed E-state index contributed by atoms with van der Waals surface area (Å²) in [7, 11) is 4.26. The summed E-state index contributed by atoms with van der Waals surface area (Å²) in [5, 5.41) is 46.8. The third kappa shape index (κ3) is 90.7. The van der Waals surface area contributed by atoms with Gasteiger partial charge in [0.2, 0.25) is 0 Å². The molecule has 798 valence electrons. The van der Waals surface area contributed by atoms with Crippen LogP contribution in [0.4, 0.5) is 0 Å². The number of carbonyl (C=O) groups is 6. The standard InChI is InChI=1S/C24H32O2S2.C24H30O2S2.C22H28OS2.C21H32O2S2.2C8H16O2S2.C6H11.CH3.2Au.Fe.2In.4H/c2*25-24(26)16-10-2-1-9-15-23(28-20-22-13-7-4-8-14-22)17-18-27-19-21-11-5-3-6-12-21;23-16-9-3-8-14-22(25-19-21-12-6-2-7-13-21)15-17-24-18-20-10-4-1-5-11-20;22-21(23)13-7-6-12-20(25-17-19-8-2-1-3-9-19)14-15-24-16-18-10-4-5-11-18;2*9-8(10)4-2-1-3-7(12)5-6-11;1-6-4-2-3-5-6;;;;;;;;;;/h3-8,11-14,23H,1-2,9-10,15-20H2,(H,25,26);3-8,10-14,16,23H,1-2,9,15,17-20H2,(H,25,26);1-2,4-7,10-13,16,22H,3,8-9,14-15,17-19H2;1-3,8-9,18,20H,4-7,10-17H2,(H,22,23);2*7,11-12H,1-6H2,(H,9,10);2-5H2,1H3;1H3;;;;;;;;;/q;;;;;;2*-1;2*+1;+2;2*+1;;;;/p-4/b;16-10+;;;;;;;;;;;;;;;. The Morgan fingerprint density at radius 1 is 0.366 bits per heavy atom. The van der Waals surface area contributed by atoms with Gasteiger partial charge in [-0.25, -0.2) is 4.79 Å². The predicted octanol–water partition coefficient (Wildman–Crippen LogP) is 31.5. The van der Waals surface area contributed by atoms with Gasteiger partial charge in [0.15, 0.2) is 0 Å². The fourth-order valence-electron chi connectivity index (χ4n) is 15.2. The van der Waals surface area contributed by atoms with Crippen molar-refractivity contribution in [2.24, 2.45) is 5.92 Å². The van der Waals surface area contributed by atoms with E-state index in [-0.39, 0.29) is 80.9 Å². The summed E-state index contributed by atoms with van der Waals surface area (Å²) in [6, 6.07) is 74.8. The number of carboxylic acids is 5. The molecular formula is C114H168Au2FeIn2O11S12. The van der Waals surface area contributed by atoms with Crippen LogP contribution in [0.3, 0.4) is 0 Å². The Morgan fingerprint density at radius 3 is 0.944 bits per heavy atom. The van der Waals surface area contributed by atoms with Gasteiger partial charge in [-0.2, -0.15) is 125 Å². The second-order valence-electron chi connectivity index (χ2n) is 35.3. The van der Waals surface area contributed by atoms with Crippen LogP contribution >= 0.6 is 111 Å². The van der Waals surface area contributed by atoms with Crippen molar-refractivity contribution in [3.63, 3.8) is 0 Å². The zero-order valence-electron chi connectivity index (χ0n) is 85.2. The Hall–Kier alpha value is -0.760. The van der Waals surface area contributed by atoms with Gasteiger partial charge in [0.1, 0.15) is 6.29 Å². The summed E-state index contributed by atoms with van der Waals surface area (Å²) in [6.07, 6.45) is 46.5. The molecule has 6 unspecified atom stereocenters. The van der Waals surface area contributed by atoms with E-state index in [2.05, 4.69) is 295 Å². The first-order chi connectivity index (χ1) is 67.4. The van der Waals surface area contributed by atoms with Crippen LogP contribution in [0, 0.1) is 19.3 Å². The zero-order chi connectivity index (χ0) is 99.7. The normalized spacial score (nSPS) is 13.1. The molecule has 0 amide bonds. The monoisotopic (exact) mass is 2780 g/mol. The molecule has 2 fully saturated rings. The number of unbranched alkanes of at least 4 members (excludes halogenated alkanes) is 10. The largest absolute Gasteiger partial charge is 2.00 e. The predicted molar refractivity (Wildman–Crippen MR) is 632 cm³/mol. The number of aliphatic carboxylic acids is 5. The Bertz CT molecular complexity index is 4030. The van der Waals surface area contributed by atoms with Crippen LogP contribution in [0.5, 0.6) is 0 Å². The molecule has 0 saturated heterocycles. The van der Waals surface area contributed by atoms with E-state index >= 15 is 0 Å². The number of carboxylic acid groups (broad SMARTS) is 5. The number of carbonyl (C=O) groups excluding carboxylic acids is 1. The Balaban J connectivity index is 0. The van der Waals surface area contributed by atoms with Crippen molar-refractivity contribution < 1.29 is 116 Å². The number of rotatable bonds is 71. The summed E-state index contributed by atoms with van der Waals surface area (Å²) < 4.78 is 0. The summed E-state index contributed by atoms with van der Waals surface area (Å²) in [4.78, 5) is 62.7. The van der Waals surface area contributed by atoms with E-state index in [1.54, 1.807) is 12.0 Å². The van der Waals surface area contributed by atoms with E-state index in [9.17, 15) is 28.8 Å². The fourth-order valence-corrected chi connectivity index (χ4v) is 33.3. The van der Waals surface area contributed by atoms with Crippen LogP contribution in [-0.2, 0) is 156 Å². The minimum atomic E-state index is -0.855. The first-order valence-electron chi connectivity index (χ1n) is 50.7. The van der Waals surface area contributed by atoms with Crippen molar-refractivity contribution in [3.05, 3.63) is 277 Å². The van der Waals surface area contributed by atoms with Crippen LogP contribution in [0.15, 0.2) is 224 Å².